The fourth-order valence-corrected chi connectivity index (χ4v) is 2.07. The number of hydrogen-bond acceptors (Lipinski definition) is 2. The van der Waals surface area contributed by atoms with E-state index in [0.717, 1.165) is 17.1 Å². The SMILES string of the molecule is Cc1ccccc1-n1nc(-c2[c-]cccc2)nc1C.[Ir]. The Labute approximate surface area is 132 Å². The second-order valence-electron chi connectivity index (χ2n) is 4.46. The van der Waals surface area contributed by atoms with Crippen molar-refractivity contribution in [3.05, 3.63) is 66.0 Å². The van der Waals surface area contributed by atoms with Crippen LogP contribution in [-0.2, 0) is 20.1 Å². The zero-order chi connectivity index (χ0) is 13.2. The number of aromatic nitrogens is 3. The van der Waals surface area contributed by atoms with E-state index in [4.69, 9.17) is 0 Å². The van der Waals surface area contributed by atoms with Crippen LogP contribution in [0.4, 0.5) is 0 Å². The van der Waals surface area contributed by atoms with E-state index in [1.165, 1.54) is 5.56 Å². The molecule has 4 heteroatoms. The Kier molecular flexibility index (Phi) is 4.48. The maximum Gasteiger partial charge on any atom is 0.118 e. The zero-order valence-electron chi connectivity index (χ0n) is 11.3. The Morgan fingerprint density at radius 1 is 1.00 bits per heavy atom. The molecule has 1 aromatic heterocycles. The summed E-state index contributed by atoms with van der Waals surface area (Å²) >= 11 is 0. The van der Waals surface area contributed by atoms with Crippen LogP contribution in [0.1, 0.15) is 11.4 Å². The molecule has 0 amide bonds. The van der Waals surface area contributed by atoms with E-state index in [2.05, 4.69) is 35.2 Å². The molecule has 0 fully saturated rings. The number of para-hydroxylation sites is 1. The number of aryl methyl sites for hydroxylation is 2. The summed E-state index contributed by atoms with van der Waals surface area (Å²) < 4.78 is 1.88. The van der Waals surface area contributed by atoms with Gasteiger partial charge in [0.15, 0.2) is 0 Å². The van der Waals surface area contributed by atoms with Crippen molar-refractivity contribution in [3.63, 3.8) is 0 Å². The summed E-state index contributed by atoms with van der Waals surface area (Å²) in [5.41, 5.74) is 3.16. The van der Waals surface area contributed by atoms with E-state index in [0.29, 0.717) is 5.82 Å². The zero-order valence-corrected chi connectivity index (χ0v) is 13.7. The summed E-state index contributed by atoms with van der Waals surface area (Å²) in [6.07, 6.45) is 0. The summed E-state index contributed by atoms with van der Waals surface area (Å²) in [5, 5.41) is 4.59. The van der Waals surface area contributed by atoms with Crippen LogP contribution in [0, 0.1) is 19.9 Å². The maximum atomic E-state index is 4.59. The van der Waals surface area contributed by atoms with Crippen molar-refractivity contribution in [3.8, 4) is 17.1 Å². The Bertz CT molecular complexity index is 705. The van der Waals surface area contributed by atoms with Crippen LogP contribution in [0.3, 0.4) is 0 Å². The van der Waals surface area contributed by atoms with Crippen molar-refractivity contribution in [1.82, 2.24) is 14.8 Å². The minimum absolute atomic E-state index is 0. The number of nitrogens with zero attached hydrogens (tertiary/aromatic N) is 3. The van der Waals surface area contributed by atoms with Gasteiger partial charge in [-0.15, -0.1) is 35.9 Å². The molecule has 0 saturated heterocycles. The standard InChI is InChI=1S/C16H14N3.Ir/c1-12-8-6-7-11-15(12)19-13(2)17-16(18-19)14-9-4-3-5-10-14;/h3-9,11H,1-2H3;/q-1;. The molecular formula is C16H14IrN3-. The third kappa shape index (κ3) is 2.72. The molecule has 1 heterocycles. The maximum absolute atomic E-state index is 4.59. The van der Waals surface area contributed by atoms with Gasteiger partial charge in [-0.25, -0.2) is 4.68 Å². The molecule has 103 valence electrons. The molecule has 0 aliphatic heterocycles. The second kappa shape index (κ2) is 6.12. The molecule has 0 spiro atoms. The number of benzene rings is 2. The predicted octanol–water partition coefficient (Wildman–Crippen LogP) is 3.35. The Balaban J connectivity index is 0.00000147. The van der Waals surface area contributed by atoms with Crippen LogP contribution in [0.25, 0.3) is 17.1 Å². The first-order valence-corrected chi connectivity index (χ1v) is 6.22. The number of hydrogen-bond donors (Lipinski definition) is 0. The fraction of sp³-hybridized carbons (Fsp3) is 0.125. The normalized spacial score (nSPS) is 10.1. The van der Waals surface area contributed by atoms with Gasteiger partial charge in [0.05, 0.1) is 11.5 Å². The third-order valence-electron chi connectivity index (χ3n) is 3.06. The van der Waals surface area contributed by atoms with Crippen molar-refractivity contribution in [1.29, 1.82) is 0 Å². The molecule has 0 aliphatic rings. The Morgan fingerprint density at radius 3 is 2.45 bits per heavy atom. The molecule has 0 saturated carbocycles. The van der Waals surface area contributed by atoms with Gasteiger partial charge in [-0.1, -0.05) is 18.2 Å². The van der Waals surface area contributed by atoms with Crippen LogP contribution < -0.4 is 0 Å². The van der Waals surface area contributed by atoms with Gasteiger partial charge in [-0.2, -0.15) is 5.10 Å². The van der Waals surface area contributed by atoms with Crippen molar-refractivity contribution in [2.45, 2.75) is 13.8 Å². The molecule has 0 atom stereocenters. The second-order valence-corrected chi connectivity index (χ2v) is 4.46. The van der Waals surface area contributed by atoms with E-state index in [1.807, 2.05) is 48.0 Å². The molecule has 3 nitrogen and oxygen atoms in total. The predicted molar refractivity (Wildman–Crippen MR) is 75.1 cm³/mol. The molecule has 1 radical (unpaired) electrons. The molecule has 2 aromatic carbocycles. The minimum atomic E-state index is 0. The van der Waals surface area contributed by atoms with Crippen LogP contribution in [0.5, 0.6) is 0 Å². The smallest absolute Gasteiger partial charge is 0.118 e. The summed E-state index contributed by atoms with van der Waals surface area (Å²) in [6, 6.07) is 19.1. The van der Waals surface area contributed by atoms with Gasteiger partial charge in [-0.05, 0) is 25.5 Å². The molecule has 0 bridgehead atoms. The molecule has 3 aromatic rings. The van der Waals surface area contributed by atoms with Crippen LogP contribution in [0.2, 0.25) is 0 Å². The fourth-order valence-electron chi connectivity index (χ4n) is 2.07. The summed E-state index contributed by atoms with van der Waals surface area (Å²) in [6.45, 7) is 4.04. The van der Waals surface area contributed by atoms with Crippen LogP contribution in [0.15, 0.2) is 48.5 Å². The van der Waals surface area contributed by atoms with Gasteiger partial charge in [0.1, 0.15) is 5.82 Å². The van der Waals surface area contributed by atoms with Crippen molar-refractivity contribution < 1.29 is 20.1 Å². The average Bonchev–Trinajstić information content (AvgIpc) is 2.82. The van der Waals surface area contributed by atoms with Crippen molar-refractivity contribution in [2.24, 2.45) is 0 Å². The molecule has 3 rings (SSSR count). The largest absolute Gasteiger partial charge is 0.262 e. The first kappa shape index (κ1) is 14.6. The van der Waals surface area contributed by atoms with E-state index in [1.54, 1.807) is 0 Å². The van der Waals surface area contributed by atoms with Gasteiger partial charge < -0.3 is 0 Å². The topological polar surface area (TPSA) is 30.7 Å². The van der Waals surface area contributed by atoms with E-state index in [9.17, 15) is 0 Å². The number of rotatable bonds is 2. The average molecular weight is 441 g/mol. The van der Waals surface area contributed by atoms with Gasteiger partial charge in [0.25, 0.3) is 0 Å². The van der Waals surface area contributed by atoms with E-state index in [-0.39, 0.29) is 20.1 Å². The first-order valence-electron chi connectivity index (χ1n) is 6.22. The van der Waals surface area contributed by atoms with Gasteiger partial charge >= 0.3 is 0 Å². The van der Waals surface area contributed by atoms with E-state index < -0.39 is 0 Å². The van der Waals surface area contributed by atoms with Gasteiger partial charge in [0, 0.05) is 20.1 Å². The quantitative estimate of drug-likeness (QED) is 0.573. The van der Waals surface area contributed by atoms with E-state index >= 15 is 0 Å². The van der Waals surface area contributed by atoms with Crippen molar-refractivity contribution >= 4 is 0 Å². The van der Waals surface area contributed by atoms with Crippen LogP contribution in [-0.4, -0.2) is 14.8 Å². The summed E-state index contributed by atoms with van der Waals surface area (Å²) in [4.78, 5) is 4.52. The van der Waals surface area contributed by atoms with Gasteiger partial charge in [0.2, 0.25) is 0 Å². The monoisotopic (exact) mass is 441 g/mol. The minimum Gasteiger partial charge on any atom is -0.262 e. The third-order valence-corrected chi connectivity index (χ3v) is 3.06. The molecule has 0 unspecified atom stereocenters. The molecule has 0 N–H and O–H groups in total. The van der Waals surface area contributed by atoms with Gasteiger partial charge in [-0.3, -0.25) is 4.98 Å². The molecular weight excluding hydrogens is 426 g/mol. The summed E-state index contributed by atoms with van der Waals surface area (Å²) in [5.74, 6) is 1.59. The van der Waals surface area contributed by atoms with Crippen molar-refractivity contribution in [2.75, 3.05) is 0 Å². The summed E-state index contributed by atoms with van der Waals surface area (Å²) in [7, 11) is 0. The Morgan fingerprint density at radius 2 is 1.75 bits per heavy atom. The molecule has 20 heavy (non-hydrogen) atoms. The van der Waals surface area contributed by atoms with Crippen LogP contribution >= 0.6 is 0 Å². The first-order chi connectivity index (χ1) is 9.25. The molecule has 0 aliphatic carbocycles. The Hall–Kier alpha value is -1.77.